The van der Waals surface area contributed by atoms with E-state index in [9.17, 15) is 4.39 Å². The maximum absolute atomic E-state index is 13.4. The summed E-state index contributed by atoms with van der Waals surface area (Å²) in [5.41, 5.74) is 1.09. The summed E-state index contributed by atoms with van der Waals surface area (Å²) in [6.07, 6.45) is 0.909. The van der Waals surface area contributed by atoms with E-state index in [1.54, 1.807) is 17.4 Å². The van der Waals surface area contributed by atoms with Crippen molar-refractivity contribution < 1.29 is 4.39 Å². The fraction of sp³-hybridized carbons (Fsp3) is 0.267. The third kappa shape index (κ3) is 3.33. The highest BCUT2D eigenvalue weighted by Crippen LogP contribution is 2.21. The van der Waals surface area contributed by atoms with Crippen LogP contribution < -0.4 is 4.90 Å². The van der Waals surface area contributed by atoms with Gasteiger partial charge in [0.05, 0.1) is 11.6 Å². The zero-order valence-electron chi connectivity index (χ0n) is 10.9. The molecule has 0 saturated heterocycles. The standard InChI is InChI=1S/C15H15FN2S/c1-11(6-15-4-3-5-19-15)18(2)14-8-12(10-17)7-13(16)9-14/h3-5,7-9,11H,6H2,1-2H3. The lowest BCUT2D eigenvalue weighted by atomic mass is 10.1. The van der Waals surface area contributed by atoms with Crippen molar-refractivity contribution in [2.24, 2.45) is 0 Å². The SMILES string of the molecule is CC(Cc1cccs1)N(C)c1cc(F)cc(C#N)c1. The first-order valence-electron chi connectivity index (χ1n) is 6.06. The zero-order chi connectivity index (χ0) is 13.8. The number of nitriles is 1. The number of hydrogen-bond donors (Lipinski definition) is 0. The van der Waals surface area contributed by atoms with E-state index in [4.69, 9.17) is 5.26 Å². The Morgan fingerprint density at radius 2 is 2.21 bits per heavy atom. The summed E-state index contributed by atoms with van der Waals surface area (Å²) < 4.78 is 13.4. The van der Waals surface area contributed by atoms with Gasteiger partial charge in [0, 0.05) is 30.1 Å². The topological polar surface area (TPSA) is 27.0 Å². The van der Waals surface area contributed by atoms with Crippen LogP contribution in [-0.2, 0) is 6.42 Å². The summed E-state index contributed by atoms with van der Waals surface area (Å²) in [4.78, 5) is 3.31. The van der Waals surface area contributed by atoms with Gasteiger partial charge in [-0.15, -0.1) is 11.3 Å². The van der Waals surface area contributed by atoms with E-state index < -0.39 is 0 Å². The van der Waals surface area contributed by atoms with Gasteiger partial charge in [-0.2, -0.15) is 5.26 Å². The first-order valence-corrected chi connectivity index (χ1v) is 6.94. The lowest BCUT2D eigenvalue weighted by Crippen LogP contribution is -2.30. The van der Waals surface area contributed by atoms with E-state index in [1.807, 2.05) is 24.1 Å². The predicted molar refractivity (Wildman–Crippen MR) is 77.0 cm³/mol. The van der Waals surface area contributed by atoms with Crippen molar-refractivity contribution in [1.29, 1.82) is 5.26 Å². The predicted octanol–water partition coefficient (Wildman–Crippen LogP) is 3.83. The number of rotatable bonds is 4. The van der Waals surface area contributed by atoms with Crippen molar-refractivity contribution in [2.75, 3.05) is 11.9 Å². The number of likely N-dealkylation sites (N-methyl/N-ethyl adjacent to an activating group) is 1. The molecule has 19 heavy (non-hydrogen) atoms. The second kappa shape index (κ2) is 5.85. The molecule has 1 heterocycles. The molecule has 2 rings (SSSR count). The second-order valence-corrected chi connectivity index (χ2v) is 5.59. The van der Waals surface area contributed by atoms with Gasteiger partial charge in [-0.1, -0.05) is 6.07 Å². The molecule has 4 heteroatoms. The van der Waals surface area contributed by atoms with Crippen molar-refractivity contribution in [3.8, 4) is 6.07 Å². The molecule has 0 aliphatic heterocycles. The number of halogens is 1. The number of nitrogens with zero attached hydrogens (tertiary/aromatic N) is 2. The lowest BCUT2D eigenvalue weighted by molar-refractivity contribution is 0.623. The second-order valence-electron chi connectivity index (χ2n) is 4.55. The molecule has 0 aliphatic rings. The van der Waals surface area contributed by atoms with Gasteiger partial charge in [0.15, 0.2) is 0 Å². The minimum absolute atomic E-state index is 0.243. The molecular weight excluding hydrogens is 259 g/mol. The van der Waals surface area contributed by atoms with E-state index in [-0.39, 0.29) is 11.9 Å². The van der Waals surface area contributed by atoms with Crippen LogP contribution in [0.15, 0.2) is 35.7 Å². The van der Waals surface area contributed by atoms with Gasteiger partial charge in [0.1, 0.15) is 5.82 Å². The van der Waals surface area contributed by atoms with Crippen LogP contribution in [0.1, 0.15) is 17.4 Å². The van der Waals surface area contributed by atoms with E-state index in [1.165, 1.54) is 17.0 Å². The summed E-state index contributed by atoms with van der Waals surface area (Å²) in [6, 6.07) is 10.8. The van der Waals surface area contributed by atoms with E-state index in [2.05, 4.69) is 18.4 Å². The Morgan fingerprint density at radius 1 is 1.42 bits per heavy atom. The van der Waals surface area contributed by atoms with Gasteiger partial charge in [-0.25, -0.2) is 4.39 Å². The van der Waals surface area contributed by atoms with Crippen molar-refractivity contribution in [3.63, 3.8) is 0 Å². The Bertz CT molecular complexity index is 587. The molecule has 1 unspecified atom stereocenters. The van der Waals surface area contributed by atoms with Gasteiger partial charge in [0.2, 0.25) is 0 Å². The molecule has 1 aromatic heterocycles. The first kappa shape index (κ1) is 13.6. The number of thiophene rings is 1. The maximum Gasteiger partial charge on any atom is 0.126 e. The summed E-state index contributed by atoms with van der Waals surface area (Å²) in [6.45, 7) is 2.09. The van der Waals surface area contributed by atoms with Gasteiger partial charge in [-0.05, 0) is 36.6 Å². The van der Waals surface area contributed by atoms with Gasteiger partial charge < -0.3 is 4.90 Å². The molecular formula is C15H15FN2S. The minimum Gasteiger partial charge on any atom is -0.371 e. The maximum atomic E-state index is 13.4. The van der Waals surface area contributed by atoms with Crippen molar-refractivity contribution in [3.05, 3.63) is 52.0 Å². The summed E-state index contributed by atoms with van der Waals surface area (Å²) in [5, 5.41) is 10.9. The number of benzene rings is 1. The Morgan fingerprint density at radius 3 is 2.84 bits per heavy atom. The van der Waals surface area contributed by atoms with Gasteiger partial charge >= 0.3 is 0 Å². The molecule has 0 amide bonds. The van der Waals surface area contributed by atoms with Crippen LogP contribution in [0.5, 0.6) is 0 Å². The molecule has 0 fully saturated rings. The van der Waals surface area contributed by atoms with Crippen molar-refractivity contribution >= 4 is 17.0 Å². The third-order valence-electron chi connectivity index (χ3n) is 3.16. The zero-order valence-corrected chi connectivity index (χ0v) is 11.7. The number of anilines is 1. The molecule has 0 spiro atoms. The molecule has 0 saturated carbocycles. The molecule has 2 aromatic rings. The molecule has 0 bridgehead atoms. The molecule has 0 aliphatic carbocycles. The van der Waals surface area contributed by atoms with Crippen molar-refractivity contribution in [2.45, 2.75) is 19.4 Å². The Balaban J connectivity index is 2.17. The number of hydrogen-bond acceptors (Lipinski definition) is 3. The normalized spacial score (nSPS) is 11.9. The van der Waals surface area contributed by atoms with Crippen LogP contribution in [0.3, 0.4) is 0 Å². The Labute approximate surface area is 116 Å². The molecule has 0 radical (unpaired) electrons. The van der Waals surface area contributed by atoms with Gasteiger partial charge in [0.25, 0.3) is 0 Å². The fourth-order valence-corrected chi connectivity index (χ4v) is 2.78. The van der Waals surface area contributed by atoms with E-state index >= 15 is 0 Å². The monoisotopic (exact) mass is 274 g/mol. The van der Waals surface area contributed by atoms with Crippen LogP contribution in [0.4, 0.5) is 10.1 Å². The minimum atomic E-state index is -0.371. The van der Waals surface area contributed by atoms with Crippen molar-refractivity contribution in [1.82, 2.24) is 0 Å². The summed E-state index contributed by atoms with van der Waals surface area (Å²) in [7, 11) is 1.92. The molecule has 2 nitrogen and oxygen atoms in total. The Hall–Kier alpha value is -1.86. The highest BCUT2D eigenvalue weighted by molar-refractivity contribution is 7.09. The highest BCUT2D eigenvalue weighted by Gasteiger charge is 2.13. The Kier molecular flexibility index (Phi) is 4.18. The van der Waals surface area contributed by atoms with Crippen LogP contribution in [-0.4, -0.2) is 13.1 Å². The van der Waals surface area contributed by atoms with E-state index in [0.29, 0.717) is 5.56 Å². The summed E-state index contributed by atoms with van der Waals surface area (Å²) >= 11 is 1.72. The molecule has 1 aromatic carbocycles. The van der Waals surface area contributed by atoms with E-state index in [0.717, 1.165) is 12.1 Å². The average Bonchev–Trinajstić information content (AvgIpc) is 2.89. The molecule has 0 N–H and O–H groups in total. The van der Waals surface area contributed by atoms with Crippen LogP contribution in [0.2, 0.25) is 0 Å². The lowest BCUT2D eigenvalue weighted by Gasteiger charge is -2.27. The largest absolute Gasteiger partial charge is 0.371 e. The van der Waals surface area contributed by atoms with Crippen LogP contribution in [0, 0.1) is 17.1 Å². The quantitative estimate of drug-likeness (QED) is 0.847. The fourth-order valence-electron chi connectivity index (χ4n) is 1.95. The average molecular weight is 274 g/mol. The first-order chi connectivity index (χ1) is 9.10. The molecule has 1 atom stereocenters. The van der Waals surface area contributed by atoms with Crippen LogP contribution in [0.25, 0.3) is 0 Å². The van der Waals surface area contributed by atoms with Crippen LogP contribution >= 0.6 is 11.3 Å². The smallest absolute Gasteiger partial charge is 0.126 e. The molecule has 98 valence electrons. The summed E-state index contributed by atoms with van der Waals surface area (Å²) in [5.74, 6) is -0.371. The third-order valence-corrected chi connectivity index (χ3v) is 4.06. The highest BCUT2D eigenvalue weighted by atomic mass is 32.1. The van der Waals surface area contributed by atoms with Gasteiger partial charge in [-0.3, -0.25) is 0 Å².